The maximum absolute atomic E-state index is 13.6. The number of aromatic nitrogens is 2. The molecule has 1 unspecified atom stereocenters. The molecule has 2 aromatic rings. The van der Waals surface area contributed by atoms with Gasteiger partial charge in [-0.1, -0.05) is 0 Å². The highest BCUT2D eigenvalue weighted by atomic mass is 19.1. The predicted molar refractivity (Wildman–Crippen MR) is 77.6 cm³/mol. The summed E-state index contributed by atoms with van der Waals surface area (Å²) in [7, 11) is 1.89. The van der Waals surface area contributed by atoms with Crippen LogP contribution >= 0.6 is 0 Å². The molecule has 106 valence electrons. The van der Waals surface area contributed by atoms with Crippen molar-refractivity contribution in [1.82, 2.24) is 14.9 Å². The maximum atomic E-state index is 13.6. The summed E-state index contributed by atoms with van der Waals surface area (Å²) in [6, 6.07) is 5.10. The van der Waals surface area contributed by atoms with Gasteiger partial charge in [0.25, 0.3) is 0 Å². The summed E-state index contributed by atoms with van der Waals surface area (Å²) >= 11 is 0. The second-order valence-electron chi connectivity index (χ2n) is 5.43. The zero-order chi connectivity index (χ0) is 14.1. The number of nitrogens with one attached hydrogen (secondary N) is 1. The number of aryl methyl sites for hydroxylation is 1. The van der Waals surface area contributed by atoms with E-state index in [0.29, 0.717) is 0 Å². The van der Waals surface area contributed by atoms with Gasteiger partial charge in [-0.2, -0.15) is 0 Å². The van der Waals surface area contributed by atoms with Crippen LogP contribution in [0.3, 0.4) is 0 Å². The Morgan fingerprint density at radius 1 is 1.30 bits per heavy atom. The molecule has 0 radical (unpaired) electrons. The molecule has 1 atom stereocenters. The first kappa shape index (κ1) is 13.3. The third-order valence-corrected chi connectivity index (χ3v) is 4.18. The zero-order valence-electron chi connectivity index (χ0n) is 12.0. The van der Waals surface area contributed by atoms with E-state index in [1.54, 1.807) is 6.07 Å². The van der Waals surface area contributed by atoms with Crippen molar-refractivity contribution >= 4 is 0 Å². The summed E-state index contributed by atoms with van der Waals surface area (Å²) < 4.78 is 15.7. The number of imidazole rings is 1. The lowest BCUT2D eigenvalue weighted by Crippen LogP contribution is -2.16. The lowest BCUT2D eigenvalue weighted by molar-refractivity contribution is 0.603. The van der Waals surface area contributed by atoms with Crippen LogP contribution in [0.5, 0.6) is 0 Å². The van der Waals surface area contributed by atoms with E-state index in [1.165, 1.54) is 30.3 Å². The lowest BCUT2D eigenvalue weighted by Gasteiger charge is -2.20. The molecule has 0 spiro atoms. The molecular formula is C16H20FN3. The van der Waals surface area contributed by atoms with Crippen LogP contribution in [-0.4, -0.2) is 16.6 Å². The molecular weight excluding hydrogens is 253 g/mol. The van der Waals surface area contributed by atoms with Crippen LogP contribution in [0.1, 0.15) is 42.8 Å². The van der Waals surface area contributed by atoms with E-state index in [4.69, 9.17) is 0 Å². The molecule has 1 aromatic carbocycles. The normalized spacial score (nSPS) is 15.9. The monoisotopic (exact) mass is 273 g/mol. The number of nitrogens with zero attached hydrogens (tertiary/aromatic N) is 2. The molecule has 0 amide bonds. The molecule has 0 saturated heterocycles. The van der Waals surface area contributed by atoms with Crippen molar-refractivity contribution in [2.75, 3.05) is 7.05 Å². The van der Waals surface area contributed by atoms with Crippen molar-refractivity contribution < 1.29 is 4.39 Å². The summed E-state index contributed by atoms with van der Waals surface area (Å²) in [4.78, 5) is 4.53. The van der Waals surface area contributed by atoms with Crippen LogP contribution < -0.4 is 5.32 Å². The Morgan fingerprint density at radius 3 is 2.90 bits per heavy atom. The minimum absolute atomic E-state index is 0.0994. The molecule has 3 nitrogen and oxygen atoms in total. The number of hydrogen-bond acceptors (Lipinski definition) is 2. The SMILES string of the molecule is CNC(C)c1cc(F)ccc1-n1cnc2c1CCCC2. The van der Waals surface area contributed by atoms with Crippen LogP contribution in [0.25, 0.3) is 5.69 Å². The summed E-state index contributed by atoms with van der Waals surface area (Å²) in [6.07, 6.45) is 6.42. The fourth-order valence-electron chi connectivity index (χ4n) is 2.92. The zero-order valence-corrected chi connectivity index (χ0v) is 12.0. The number of halogens is 1. The molecule has 0 aliphatic heterocycles. The van der Waals surface area contributed by atoms with Gasteiger partial charge >= 0.3 is 0 Å². The molecule has 0 bridgehead atoms. The maximum Gasteiger partial charge on any atom is 0.123 e. The summed E-state index contributed by atoms with van der Waals surface area (Å²) in [5.41, 5.74) is 4.48. The standard InChI is InChI=1S/C16H20FN3/c1-11(18-2)13-9-12(17)7-8-15(13)20-10-19-14-5-3-4-6-16(14)20/h7-11,18H,3-6H2,1-2H3. The van der Waals surface area contributed by atoms with Crippen molar-refractivity contribution in [2.45, 2.75) is 38.6 Å². The Hall–Kier alpha value is -1.68. The lowest BCUT2D eigenvalue weighted by atomic mass is 10.00. The summed E-state index contributed by atoms with van der Waals surface area (Å²) in [6.45, 7) is 2.04. The third kappa shape index (κ3) is 2.24. The fraction of sp³-hybridized carbons (Fsp3) is 0.438. The van der Waals surface area contributed by atoms with E-state index in [1.807, 2.05) is 26.4 Å². The Balaban J connectivity index is 2.12. The molecule has 1 aromatic heterocycles. The van der Waals surface area contributed by atoms with Crippen molar-refractivity contribution in [2.24, 2.45) is 0 Å². The average molecular weight is 273 g/mol. The van der Waals surface area contributed by atoms with E-state index in [9.17, 15) is 4.39 Å². The predicted octanol–water partition coefficient (Wildman–Crippen LogP) is 3.17. The molecule has 0 fully saturated rings. The second-order valence-corrected chi connectivity index (χ2v) is 5.43. The molecule has 1 aliphatic rings. The van der Waals surface area contributed by atoms with Gasteiger partial charge in [-0.3, -0.25) is 0 Å². The first-order chi connectivity index (χ1) is 9.70. The summed E-state index contributed by atoms with van der Waals surface area (Å²) in [5.74, 6) is -0.195. The van der Waals surface area contributed by atoms with Gasteiger partial charge in [-0.05, 0) is 63.4 Å². The number of benzene rings is 1. The molecule has 3 rings (SSSR count). The topological polar surface area (TPSA) is 29.9 Å². The Kier molecular flexibility index (Phi) is 3.57. The Bertz CT molecular complexity index is 618. The minimum Gasteiger partial charge on any atom is -0.313 e. The van der Waals surface area contributed by atoms with Gasteiger partial charge in [0.15, 0.2) is 0 Å². The van der Waals surface area contributed by atoms with Gasteiger partial charge in [0, 0.05) is 11.7 Å². The van der Waals surface area contributed by atoms with Crippen molar-refractivity contribution in [3.63, 3.8) is 0 Å². The highest BCUT2D eigenvalue weighted by molar-refractivity contribution is 5.45. The molecule has 1 N–H and O–H groups in total. The number of rotatable bonds is 3. The first-order valence-corrected chi connectivity index (χ1v) is 7.23. The summed E-state index contributed by atoms with van der Waals surface area (Å²) in [5, 5.41) is 3.19. The largest absolute Gasteiger partial charge is 0.313 e. The van der Waals surface area contributed by atoms with E-state index in [0.717, 1.165) is 24.1 Å². The van der Waals surface area contributed by atoms with E-state index in [2.05, 4.69) is 14.9 Å². The smallest absolute Gasteiger partial charge is 0.123 e. The average Bonchev–Trinajstić information content (AvgIpc) is 2.90. The highest BCUT2D eigenvalue weighted by Crippen LogP contribution is 2.28. The van der Waals surface area contributed by atoms with Crippen LogP contribution in [0, 0.1) is 5.82 Å². The number of fused-ring (bicyclic) bond motifs is 1. The molecule has 1 heterocycles. The van der Waals surface area contributed by atoms with E-state index < -0.39 is 0 Å². The van der Waals surface area contributed by atoms with Crippen molar-refractivity contribution in [3.05, 3.63) is 47.3 Å². The fourth-order valence-corrected chi connectivity index (χ4v) is 2.92. The quantitative estimate of drug-likeness (QED) is 0.931. The molecule has 0 saturated carbocycles. The van der Waals surface area contributed by atoms with Gasteiger partial charge in [0.05, 0.1) is 17.7 Å². The van der Waals surface area contributed by atoms with Crippen LogP contribution in [0.15, 0.2) is 24.5 Å². The van der Waals surface area contributed by atoms with Gasteiger partial charge in [0.1, 0.15) is 5.82 Å². The van der Waals surface area contributed by atoms with E-state index in [-0.39, 0.29) is 11.9 Å². The van der Waals surface area contributed by atoms with Crippen LogP contribution in [0.2, 0.25) is 0 Å². The minimum atomic E-state index is -0.195. The van der Waals surface area contributed by atoms with Gasteiger partial charge in [0.2, 0.25) is 0 Å². The highest BCUT2D eigenvalue weighted by Gasteiger charge is 2.19. The molecule has 4 heteroatoms. The first-order valence-electron chi connectivity index (χ1n) is 7.23. The van der Waals surface area contributed by atoms with Crippen molar-refractivity contribution in [3.8, 4) is 5.69 Å². The second kappa shape index (κ2) is 5.37. The van der Waals surface area contributed by atoms with Gasteiger partial charge in [-0.15, -0.1) is 0 Å². The third-order valence-electron chi connectivity index (χ3n) is 4.18. The Labute approximate surface area is 118 Å². The molecule has 20 heavy (non-hydrogen) atoms. The van der Waals surface area contributed by atoms with Gasteiger partial charge < -0.3 is 9.88 Å². The van der Waals surface area contributed by atoms with E-state index >= 15 is 0 Å². The van der Waals surface area contributed by atoms with Gasteiger partial charge in [-0.25, -0.2) is 9.37 Å². The Morgan fingerprint density at radius 2 is 2.10 bits per heavy atom. The van der Waals surface area contributed by atoms with Crippen molar-refractivity contribution in [1.29, 1.82) is 0 Å². The number of hydrogen-bond donors (Lipinski definition) is 1. The van der Waals surface area contributed by atoms with Crippen LogP contribution in [-0.2, 0) is 12.8 Å². The van der Waals surface area contributed by atoms with Crippen LogP contribution in [0.4, 0.5) is 4.39 Å². The molecule has 1 aliphatic carbocycles.